The van der Waals surface area contributed by atoms with E-state index in [9.17, 15) is 9.59 Å². The van der Waals surface area contributed by atoms with Gasteiger partial charge in [0, 0.05) is 18.7 Å². The maximum atomic E-state index is 12.5. The molecule has 1 saturated heterocycles. The van der Waals surface area contributed by atoms with Gasteiger partial charge in [0.25, 0.3) is 5.91 Å². The zero-order chi connectivity index (χ0) is 17.7. The van der Waals surface area contributed by atoms with Crippen molar-refractivity contribution >= 4 is 11.8 Å². The zero-order valence-electron chi connectivity index (χ0n) is 14.7. The summed E-state index contributed by atoms with van der Waals surface area (Å²) in [6.45, 7) is 11.2. The molecule has 1 aliphatic rings. The van der Waals surface area contributed by atoms with E-state index < -0.39 is 6.04 Å². The fourth-order valence-electron chi connectivity index (χ4n) is 3.00. The van der Waals surface area contributed by atoms with E-state index in [1.54, 1.807) is 25.1 Å². The third kappa shape index (κ3) is 4.16. The number of rotatable bonds is 6. The molecule has 0 radical (unpaired) electrons. The number of aryl methyl sites for hydroxylation is 2. The highest BCUT2D eigenvalue weighted by molar-refractivity contribution is 5.98. The van der Waals surface area contributed by atoms with Gasteiger partial charge in [-0.25, -0.2) is 0 Å². The third-order valence-electron chi connectivity index (χ3n) is 4.20. The smallest absolute Gasteiger partial charge is 0.251 e. The molecule has 5 heteroatoms. The Balaban J connectivity index is 2.06. The second kappa shape index (κ2) is 7.99. The Bertz CT molecular complexity index is 610. The first-order valence-corrected chi connectivity index (χ1v) is 8.38. The van der Waals surface area contributed by atoms with Crippen molar-refractivity contribution in [2.75, 3.05) is 19.7 Å². The van der Waals surface area contributed by atoms with Crippen LogP contribution in [0.25, 0.3) is 0 Å². The molecule has 1 aromatic carbocycles. The van der Waals surface area contributed by atoms with E-state index in [1.165, 1.54) is 0 Å². The molecule has 0 spiro atoms. The molecule has 2 rings (SSSR count). The first-order chi connectivity index (χ1) is 11.4. The minimum atomic E-state index is -0.520. The van der Waals surface area contributed by atoms with Crippen molar-refractivity contribution in [1.82, 2.24) is 10.2 Å². The van der Waals surface area contributed by atoms with Crippen LogP contribution >= 0.6 is 0 Å². The molecule has 5 nitrogen and oxygen atoms in total. The van der Waals surface area contributed by atoms with Crippen molar-refractivity contribution < 1.29 is 14.3 Å². The van der Waals surface area contributed by atoms with Gasteiger partial charge in [0.2, 0.25) is 5.91 Å². The van der Waals surface area contributed by atoms with Crippen LogP contribution < -0.4 is 10.1 Å². The Kier molecular flexibility index (Phi) is 6.01. The molecular weight excluding hydrogens is 304 g/mol. The van der Waals surface area contributed by atoms with Gasteiger partial charge in [-0.1, -0.05) is 12.7 Å². The van der Waals surface area contributed by atoms with Gasteiger partial charge in [0.05, 0.1) is 0 Å². The molecule has 1 fully saturated rings. The lowest BCUT2D eigenvalue weighted by molar-refractivity contribution is -0.131. The first kappa shape index (κ1) is 18.0. The maximum absolute atomic E-state index is 12.5. The molecule has 24 heavy (non-hydrogen) atoms. The lowest BCUT2D eigenvalue weighted by atomic mass is 10.0. The van der Waals surface area contributed by atoms with Gasteiger partial charge < -0.3 is 15.0 Å². The lowest BCUT2D eigenvalue weighted by Crippen LogP contribution is -2.46. The Morgan fingerprint density at radius 2 is 1.88 bits per heavy atom. The summed E-state index contributed by atoms with van der Waals surface area (Å²) in [4.78, 5) is 26.6. The average Bonchev–Trinajstić information content (AvgIpc) is 3.07. The summed E-state index contributed by atoms with van der Waals surface area (Å²) in [5.41, 5.74) is 2.32. The summed E-state index contributed by atoms with van der Waals surface area (Å²) in [5.74, 6) is 0.518. The number of carbonyl (C=O) groups is 2. The van der Waals surface area contributed by atoms with Crippen LogP contribution in [0.2, 0.25) is 0 Å². The van der Waals surface area contributed by atoms with Gasteiger partial charge in [-0.05, 0) is 56.9 Å². The van der Waals surface area contributed by atoms with E-state index in [0.29, 0.717) is 12.2 Å². The van der Waals surface area contributed by atoms with Crippen molar-refractivity contribution in [3.05, 3.63) is 41.5 Å². The van der Waals surface area contributed by atoms with E-state index >= 15 is 0 Å². The average molecular weight is 330 g/mol. The Morgan fingerprint density at radius 1 is 1.29 bits per heavy atom. The molecule has 0 aromatic heterocycles. The molecular formula is C19H26N2O3. The third-order valence-corrected chi connectivity index (χ3v) is 4.20. The van der Waals surface area contributed by atoms with Gasteiger partial charge >= 0.3 is 0 Å². The Morgan fingerprint density at radius 3 is 2.42 bits per heavy atom. The predicted octanol–water partition coefficient (Wildman–Crippen LogP) is 2.61. The van der Waals surface area contributed by atoms with Gasteiger partial charge in [-0.15, -0.1) is 0 Å². The lowest BCUT2D eigenvalue weighted by Gasteiger charge is -2.21. The minimum absolute atomic E-state index is 0.0137. The van der Waals surface area contributed by atoms with E-state index in [-0.39, 0.29) is 11.8 Å². The second-order valence-corrected chi connectivity index (χ2v) is 6.27. The Hall–Kier alpha value is -2.30. The molecule has 1 aliphatic heterocycles. The summed E-state index contributed by atoms with van der Waals surface area (Å²) < 4.78 is 5.63. The molecule has 1 aromatic rings. The molecule has 1 atom stereocenters. The summed E-state index contributed by atoms with van der Waals surface area (Å²) >= 11 is 0. The first-order valence-electron chi connectivity index (χ1n) is 8.38. The largest absolute Gasteiger partial charge is 0.489 e. The normalized spacial score (nSPS) is 15.0. The van der Waals surface area contributed by atoms with Gasteiger partial charge in [0.15, 0.2) is 0 Å². The summed E-state index contributed by atoms with van der Waals surface area (Å²) in [6.07, 6.45) is 3.76. The van der Waals surface area contributed by atoms with Gasteiger partial charge in [-0.3, -0.25) is 9.59 Å². The summed E-state index contributed by atoms with van der Waals surface area (Å²) in [5, 5.41) is 2.80. The monoisotopic (exact) mass is 330 g/mol. The maximum Gasteiger partial charge on any atom is 0.251 e. The SMILES string of the molecule is C=CCOc1c(C)cc(C(=O)NC(C)C(=O)N2CCCC2)cc1C. The minimum Gasteiger partial charge on any atom is -0.489 e. The number of nitrogens with zero attached hydrogens (tertiary/aromatic N) is 1. The van der Waals surface area contributed by atoms with Crippen molar-refractivity contribution in [2.45, 2.75) is 39.7 Å². The number of ether oxygens (including phenoxy) is 1. The van der Waals surface area contributed by atoms with E-state index in [1.807, 2.05) is 18.7 Å². The highest BCUT2D eigenvalue weighted by atomic mass is 16.5. The van der Waals surface area contributed by atoms with Crippen LogP contribution in [0, 0.1) is 13.8 Å². The Labute approximate surface area is 143 Å². The number of hydrogen-bond donors (Lipinski definition) is 1. The zero-order valence-corrected chi connectivity index (χ0v) is 14.7. The number of carbonyl (C=O) groups excluding carboxylic acids is 2. The second-order valence-electron chi connectivity index (χ2n) is 6.27. The molecule has 0 saturated carbocycles. The fourth-order valence-corrected chi connectivity index (χ4v) is 3.00. The number of benzene rings is 1. The van der Waals surface area contributed by atoms with Crippen molar-refractivity contribution in [3.63, 3.8) is 0 Å². The van der Waals surface area contributed by atoms with E-state index in [4.69, 9.17) is 4.74 Å². The quantitative estimate of drug-likeness (QED) is 0.816. The highest BCUT2D eigenvalue weighted by Gasteiger charge is 2.25. The number of nitrogens with one attached hydrogen (secondary N) is 1. The number of likely N-dealkylation sites (tertiary alicyclic amines) is 1. The molecule has 2 amide bonds. The van der Waals surface area contributed by atoms with Crippen molar-refractivity contribution in [2.24, 2.45) is 0 Å². The predicted molar refractivity (Wildman–Crippen MR) is 94.4 cm³/mol. The van der Waals surface area contributed by atoms with Crippen molar-refractivity contribution in [1.29, 1.82) is 0 Å². The van der Waals surface area contributed by atoms with Crippen LogP contribution in [0.4, 0.5) is 0 Å². The molecule has 0 aliphatic carbocycles. The molecule has 1 unspecified atom stereocenters. The molecule has 1 heterocycles. The van der Waals surface area contributed by atoms with Crippen LogP contribution in [0.1, 0.15) is 41.3 Å². The van der Waals surface area contributed by atoms with Crippen LogP contribution in [-0.4, -0.2) is 42.5 Å². The summed E-state index contributed by atoms with van der Waals surface area (Å²) in [6, 6.07) is 3.05. The number of hydrogen-bond acceptors (Lipinski definition) is 3. The van der Waals surface area contributed by atoms with E-state index in [2.05, 4.69) is 11.9 Å². The molecule has 130 valence electrons. The van der Waals surface area contributed by atoms with E-state index in [0.717, 1.165) is 42.8 Å². The van der Waals surface area contributed by atoms with Crippen LogP contribution in [0.15, 0.2) is 24.8 Å². The fraction of sp³-hybridized carbons (Fsp3) is 0.474. The van der Waals surface area contributed by atoms with Gasteiger partial charge in [-0.2, -0.15) is 0 Å². The van der Waals surface area contributed by atoms with Crippen LogP contribution in [0.3, 0.4) is 0 Å². The standard InChI is InChI=1S/C19H26N2O3/c1-5-10-24-17-13(2)11-16(12-14(17)3)18(22)20-15(4)19(23)21-8-6-7-9-21/h5,11-12,15H,1,6-10H2,2-4H3,(H,20,22). The molecule has 0 bridgehead atoms. The number of amides is 2. The van der Waals surface area contributed by atoms with Crippen molar-refractivity contribution in [3.8, 4) is 5.75 Å². The van der Waals surface area contributed by atoms with Gasteiger partial charge in [0.1, 0.15) is 18.4 Å². The highest BCUT2D eigenvalue weighted by Crippen LogP contribution is 2.25. The van der Waals surface area contributed by atoms with Crippen LogP contribution in [0.5, 0.6) is 5.75 Å². The molecule has 1 N–H and O–H groups in total. The summed E-state index contributed by atoms with van der Waals surface area (Å²) in [7, 11) is 0. The van der Waals surface area contributed by atoms with Crippen LogP contribution in [-0.2, 0) is 4.79 Å². The topological polar surface area (TPSA) is 58.6 Å².